The molecule has 1 heterocycles. The Bertz CT molecular complexity index is 854. The highest BCUT2D eigenvalue weighted by atomic mass is 32.2. The molecule has 0 saturated carbocycles. The first-order chi connectivity index (χ1) is 16.3. The Hall–Kier alpha value is -2.15. The van der Waals surface area contributed by atoms with Crippen LogP contribution in [0.2, 0.25) is 0 Å². The molecule has 7 heteroatoms. The molecule has 1 atom stereocenters. The summed E-state index contributed by atoms with van der Waals surface area (Å²) in [5.41, 5.74) is 2.32. The number of hydrogen-bond acceptors (Lipinski definition) is 6. The number of aromatic amines is 1. The lowest BCUT2D eigenvalue weighted by molar-refractivity contribution is 0.244. The van der Waals surface area contributed by atoms with E-state index in [4.69, 9.17) is 14.2 Å². The van der Waals surface area contributed by atoms with Gasteiger partial charge in [-0.1, -0.05) is 81.7 Å². The van der Waals surface area contributed by atoms with Crippen LogP contribution in [0.3, 0.4) is 0 Å². The smallest absolute Gasteiger partial charge is 0.183 e. The molecule has 33 heavy (non-hydrogen) atoms. The number of rotatable bonds is 17. The van der Waals surface area contributed by atoms with Crippen molar-refractivity contribution in [3.63, 3.8) is 0 Å². The molecule has 1 aliphatic carbocycles. The van der Waals surface area contributed by atoms with E-state index in [1.165, 1.54) is 69.8 Å². The van der Waals surface area contributed by atoms with Gasteiger partial charge in [0.05, 0.1) is 26.9 Å². The Labute approximate surface area is 202 Å². The predicted octanol–water partition coefficient (Wildman–Crippen LogP) is 6.96. The molecule has 1 N–H and O–H groups in total. The van der Waals surface area contributed by atoms with E-state index in [0.717, 1.165) is 40.2 Å². The molecule has 182 valence electrons. The molecule has 0 saturated heterocycles. The zero-order chi connectivity index (χ0) is 23.3. The van der Waals surface area contributed by atoms with Crippen molar-refractivity contribution in [2.75, 3.05) is 27.1 Å². The molecule has 1 aromatic heterocycles. The fourth-order valence-electron chi connectivity index (χ4n) is 4.70. The van der Waals surface area contributed by atoms with E-state index in [1.54, 1.807) is 39.4 Å². The zero-order valence-electron chi connectivity index (χ0n) is 20.4. The summed E-state index contributed by atoms with van der Waals surface area (Å²) in [4.78, 5) is 4.14. The van der Waals surface area contributed by atoms with Crippen LogP contribution in [0.25, 0.3) is 5.76 Å². The fourth-order valence-corrected chi connectivity index (χ4v) is 5.48. The third-order valence-corrected chi connectivity index (χ3v) is 7.33. The lowest BCUT2D eigenvalue weighted by Gasteiger charge is -2.15. The summed E-state index contributed by atoms with van der Waals surface area (Å²) in [5, 5.41) is 7.70. The van der Waals surface area contributed by atoms with Crippen molar-refractivity contribution in [3.8, 4) is 5.75 Å². The number of benzene rings is 1. The van der Waals surface area contributed by atoms with Crippen LogP contribution in [0.5, 0.6) is 5.75 Å². The van der Waals surface area contributed by atoms with E-state index in [2.05, 4.69) is 27.3 Å². The zero-order valence-corrected chi connectivity index (χ0v) is 21.2. The standard InChI is InChI=1S/C26H39N3O3S/c1-30-22-17-14-16-20-21(24(31-2)25(32-3)23(20)22)15-12-10-8-6-4-5-7-9-11-13-18-33-26-27-19-28-29-26/h14,16-17,19,21H,4-13,15,18H2,1-3H3,(H,27,28,29). The van der Waals surface area contributed by atoms with Crippen molar-refractivity contribution in [2.45, 2.75) is 81.7 Å². The van der Waals surface area contributed by atoms with Gasteiger partial charge < -0.3 is 14.2 Å². The highest BCUT2D eigenvalue weighted by Crippen LogP contribution is 2.48. The molecule has 1 aliphatic rings. The van der Waals surface area contributed by atoms with E-state index in [9.17, 15) is 0 Å². The van der Waals surface area contributed by atoms with E-state index in [-0.39, 0.29) is 5.92 Å². The molecule has 3 rings (SSSR count). The SMILES string of the molecule is COC1=C(OC)C(CCCCCCCCCCCCSc2ncn[nH]2)c2cccc(OC)c21. The second-order valence-electron chi connectivity index (χ2n) is 8.54. The molecule has 1 aromatic carbocycles. The number of nitrogens with one attached hydrogen (secondary N) is 1. The van der Waals surface area contributed by atoms with Crippen LogP contribution < -0.4 is 4.74 Å². The number of unbranched alkanes of at least 4 members (excludes halogenated alkanes) is 9. The van der Waals surface area contributed by atoms with Crippen molar-refractivity contribution in [1.82, 2.24) is 15.2 Å². The number of fused-ring (bicyclic) bond motifs is 1. The Morgan fingerprint density at radius 3 is 2.15 bits per heavy atom. The quantitative estimate of drug-likeness (QED) is 0.198. The normalized spacial score (nSPS) is 15.1. The van der Waals surface area contributed by atoms with Crippen LogP contribution in [0.15, 0.2) is 35.4 Å². The molecule has 0 bridgehead atoms. The summed E-state index contributed by atoms with van der Waals surface area (Å²) in [5.74, 6) is 4.01. The minimum atomic E-state index is 0.261. The molecule has 0 spiro atoms. The number of thioether (sulfide) groups is 1. The van der Waals surface area contributed by atoms with E-state index in [1.807, 2.05) is 6.07 Å². The van der Waals surface area contributed by atoms with E-state index >= 15 is 0 Å². The maximum absolute atomic E-state index is 5.78. The number of nitrogens with zero attached hydrogens (tertiary/aromatic N) is 2. The van der Waals surface area contributed by atoms with Crippen LogP contribution in [0.1, 0.15) is 87.7 Å². The highest BCUT2D eigenvalue weighted by molar-refractivity contribution is 7.99. The van der Waals surface area contributed by atoms with Gasteiger partial charge in [0, 0.05) is 11.7 Å². The van der Waals surface area contributed by atoms with Gasteiger partial charge in [0.1, 0.15) is 17.8 Å². The molecular weight excluding hydrogens is 434 g/mol. The second-order valence-corrected chi connectivity index (χ2v) is 9.63. The highest BCUT2D eigenvalue weighted by Gasteiger charge is 2.35. The van der Waals surface area contributed by atoms with Gasteiger partial charge in [0.15, 0.2) is 10.9 Å². The molecular formula is C26H39N3O3S. The lowest BCUT2D eigenvalue weighted by Crippen LogP contribution is -2.01. The average Bonchev–Trinajstić information content (AvgIpc) is 3.47. The summed E-state index contributed by atoms with van der Waals surface area (Å²) in [7, 11) is 5.17. The van der Waals surface area contributed by atoms with Gasteiger partial charge >= 0.3 is 0 Å². The molecule has 1 unspecified atom stereocenters. The van der Waals surface area contributed by atoms with Crippen LogP contribution in [-0.4, -0.2) is 42.3 Å². The molecule has 0 amide bonds. The number of ether oxygens (including phenoxy) is 3. The summed E-state index contributed by atoms with van der Waals surface area (Å²) in [6, 6.07) is 6.23. The first kappa shape index (κ1) is 25.5. The van der Waals surface area contributed by atoms with Crippen LogP contribution >= 0.6 is 11.8 Å². The average molecular weight is 474 g/mol. The predicted molar refractivity (Wildman–Crippen MR) is 135 cm³/mol. The van der Waals surface area contributed by atoms with Gasteiger partial charge in [-0.2, -0.15) is 5.10 Å². The molecule has 6 nitrogen and oxygen atoms in total. The van der Waals surface area contributed by atoms with Crippen molar-refractivity contribution in [2.24, 2.45) is 0 Å². The number of H-pyrrole nitrogens is 1. The van der Waals surface area contributed by atoms with Crippen LogP contribution in [0.4, 0.5) is 0 Å². The maximum Gasteiger partial charge on any atom is 0.183 e. The van der Waals surface area contributed by atoms with Gasteiger partial charge in [-0.15, -0.1) is 0 Å². The number of hydrogen-bond donors (Lipinski definition) is 1. The van der Waals surface area contributed by atoms with Crippen molar-refractivity contribution < 1.29 is 14.2 Å². The molecule has 0 aliphatic heterocycles. The maximum atomic E-state index is 5.78. The monoisotopic (exact) mass is 473 g/mol. The van der Waals surface area contributed by atoms with Gasteiger partial charge in [-0.05, 0) is 24.5 Å². The summed E-state index contributed by atoms with van der Waals surface area (Å²) in [6.45, 7) is 0. The van der Waals surface area contributed by atoms with Gasteiger partial charge in [-0.25, -0.2) is 4.98 Å². The Balaban J connectivity index is 1.26. The second kappa shape index (κ2) is 14.2. The molecule has 2 aromatic rings. The first-order valence-electron chi connectivity index (χ1n) is 12.3. The number of methoxy groups -OCH3 is 3. The fraction of sp³-hybridized carbons (Fsp3) is 0.615. The number of aromatic nitrogens is 3. The Morgan fingerprint density at radius 1 is 0.848 bits per heavy atom. The van der Waals surface area contributed by atoms with Crippen molar-refractivity contribution in [3.05, 3.63) is 41.4 Å². The Kier molecular flexibility index (Phi) is 10.9. The van der Waals surface area contributed by atoms with Crippen molar-refractivity contribution in [1.29, 1.82) is 0 Å². The van der Waals surface area contributed by atoms with Crippen LogP contribution in [0, 0.1) is 0 Å². The number of allylic oxidation sites excluding steroid dienone is 1. The van der Waals surface area contributed by atoms with Crippen LogP contribution in [-0.2, 0) is 9.47 Å². The van der Waals surface area contributed by atoms with Gasteiger partial charge in [0.25, 0.3) is 0 Å². The topological polar surface area (TPSA) is 69.3 Å². The lowest BCUT2D eigenvalue weighted by atomic mass is 9.93. The van der Waals surface area contributed by atoms with Crippen molar-refractivity contribution >= 4 is 17.5 Å². The summed E-state index contributed by atoms with van der Waals surface area (Å²) >= 11 is 1.76. The first-order valence-corrected chi connectivity index (χ1v) is 13.3. The Morgan fingerprint density at radius 2 is 1.55 bits per heavy atom. The third-order valence-electron chi connectivity index (χ3n) is 6.36. The van der Waals surface area contributed by atoms with Gasteiger partial charge in [-0.3, -0.25) is 5.10 Å². The van der Waals surface area contributed by atoms with Gasteiger partial charge in [0.2, 0.25) is 0 Å². The molecule has 0 radical (unpaired) electrons. The molecule has 0 fully saturated rings. The summed E-state index contributed by atoms with van der Waals surface area (Å²) < 4.78 is 17.1. The van der Waals surface area contributed by atoms with E-state index in [0.29, 0.717) is 0 Å². The minimum Gasteiger partial charge on any atom is -0.497 e. The van der Waals surface area contributed by atoms with E-state index < -0.39 is 0 Å². The minimum absolute atomic E-state index is 0.261. The summed E-state index contributed by atoms with van der Waals surface area (Å²) in [6.07, 6.45) is 15.8. The third kappa shape index (κ3) is 7.16. The largest absolute Gasteiger partial charge is 0.497 e.